The van der Waals surface area contributed by atoms with Crippen molar-refractivity contribution >= 4 is 27.5 Å². The quantitative estimate of drug-likeness (QED) is 0.809. The lowest BCUT2D eigenvalue weighted by Gasteiger charge is -2.07. The van der Waals surface area contributed by atoms with E-state index in [0.29, 0.717) is 4.47 Å². The summed E-state index contributed by atoms with van der Waals surface area (Å²) in [5.74, 6) is -1.54. The van der Waals surface area contributed by atoms with Gasteiger partial charge in [0.25, 0.3) is 0 Å². The second-order valence-corrected chi connectivity index (χ2v) is 4.44. The first kappa shape index (κ1) is 12.3. The van der Waals surface area contributed by atoms with Crippen molar-refractivity contribution in [3.8, 4) is 11.6 Å². The van der Waals surface area contributed by atoms with Crippen LogP contribution in [0.3, 0.4) is 0 Å². The minimum atomic E-state index is -0.688. The fraction of sp³-hybridized carbons (Fsp3) is 0. The number of hydrogen-bond donors (Lipinski definition) is 0. The van der Waals surface area contributed by atoms with Crippen molar-refractivity contribution in [1.82, 2.24) is 4.98 Å². The molecule has 0 unspecified atom stereocenters. The minimum absolute atomic E-state index is 0.0133. The van der Waals surface area contributed by atoms with E-state index in [0.717, 1.165) is 18.2 Å². The molecule has 0 bridgehead atoms. The van der Waals surface area contributed by atoms with E-state index in [-0.39, 0.29) is 16.7 Å². The van der Waals surface area contributed by atoms with E-state index in [1.54, 1.807) is 6.07 Å². The molecule has 1 heterocycles. The van der Waals surface area contributed by atoms with E-state index in [1.165, 1.54) is 6.20 Å². The van der Waals surface area contributed by atoms with Gasteiger partial charge in [-0.05, 0) is 34.1 Å². The van der Waals surface area contributed by atoms with Gasteiger partial charge in [0.15, 0.2) is 11.6 Å². The van der Waals surface area contributed by atoms with E-state index < -0.39 is 11.6 Å². The summed E-state index contributed by atoms with van der Waals surface area (Å²) in [6, 6.07) is 4.44. The van der Waals surface area contributed by atoms with Gasteiger partial charge in [-0.1, -0.05) is 11.6 Å². The maximum Gasteiger partial charge on any atom is 0.238 e. The molecule has 0 amide bonds. The highest BCUT2D eigenvalue weighted by molar-refractivity contribution is 9.10. The van der Waals surface area contributed by atoms with E-state index in [4.69, 9.17) is 16.3 Å². The summed E-state index contributed by atoms with van der Waals surface area (Å²) < 4.78 is 32.0. The predicted octanol–water partition coefficient (Wildman–Crippen LogP) is 4.57. The fourth-order valence-electron chi connectivity index (χ4n) is 1.14. The molecule has 0 atom stereocenters. The van der Waals surface area contributed by atoms with Crippen molar-refractivity contribution in [3.05, 3.63) is 51.6 Å². The number of aromatic nitrogens is 1. The van der Waals surface area contributed by atoms with Crippen molar-refractivity contribution in [1.29, 1.82) is 0 Å². The van der Waals surface area contributed by atoms with Crippen LogP contribution in [-0.4, -0.2) is 4.98 Å². The van der Waals surface area contributed by atoms with Crippen molar-refractivity contribution in [2.45, 2.75) is 0 Å². The largest absolute Gasteiger partial charge is 0.434 e. The van der Waals surface area contributed by atoms with E-state index in [2.05, 4.69) is 20.9 Å². The van der Waals surface area contributed by atoms with Crippen molar-refractivity contribution in [2.75, 3.05) is 0 Å². The van der Waals surface area contributed by atoms with Crippen LogP contribution in [0.15, 0.2) is 34.9 Å². The molecule has 0 N–H and O–H groups in total. The molecule has 88 valence electrons. The Kier molecular flexibility index (Phi) is 3.59. The van der Waals surface area contributed by atoms with Crippen LogP contribution in [0.25, 0.3) is 0 Å². The SMILES string of the molecule is Fc1ccc(F)c(Oc2ncc(Br)cc2Cl)c1. The van der Waals surface area contributed by atoms with Crippen molar-refractivity contribution in [2.24, 2.45) is 0 Å². The second kappa shape index (κ2) is 4.98. The minimum Gasteiger partial charge on any atom is -0.434 e. The van der Waals surface area contributed by atoms with Gasteiger partial charge in [0, 0.05) is 16.7 Å². The fourth-order valence-corrected chi connectivity index (χ4v) is 1.80. The number of benzene rings is 1. The van der Waals surface area contributed by atoms with Gasteiger partial charge < -0.3 is 4.74 Å². The number of pyridine rings is 1. The van der Waals surface area contributed by atoms with Gasteiger partial charge in [-0.2, -0.15) is 0 Å². The molecule has 2 rings (SSSR count). The molecular weight excluding hydrogens is 315 g/mol. The summed E-state index contributed by atoms with van der Waals surface area (Å²) in [7, 11) is 0. The molecule has 0 aliphatic rings. The molecule has 2 aromatic rings. The molecule has 0 saturated carbocycles. The molecule has 1 aromatic carbocycles. The van der Waals surface area contributed by atoms with Crippen LogP contribution in [-0.2, 0) is 0 Å². The number of nitrogens with zero attached hydrogens (tertiary/aromatic N) is 1. The van der Waals surface area contributed by atoms with Gasteiger partial charge >= 0.3 is 0 Å². The molecule has 6 heteroatoms. The third kappa shape index (κ3) is 2.92. The zero-order chi connectivity index (χ0) is 12.4. The van der Waals surface area contributed by atoms with Gasteiger partial charge in [-0.15, -0.1) is 0 Å². The maximum absolute atomic E-state index is 13.3. The molecule has 17 heavy (non-hydrogen) atoms. The molecule has 1 aromatic heterocycles. The highest BCUT2D eigenvalue weighted by Crippen LogP contribution is 2.30. The highest BCUT2D eigenvalue weighted by Gasteiger charge is 2.10. The van der Waals surface area contributed by atoms with Crippen LogP contribution in [0.5, 0.6) is 11.6 Å². The summed E-state index contributed by atoms with van der Waals surface area (Å²) >= 11 is 9.01. The number of ether oxygens (including phenoxy) is 1. The maximum atomic E-state index is 13.3. The second-order valence-electron chi connectivity index (χ2n) is 3.12. The Morgan fingerprint density at radius 3 is 2.71 bits per heavy atom. The van der Waals surface area contributed by atoms with Gasteiger partial charge in [0.05, 0.1) is 0 Å². The summed E-state index contributed by atoms with van der Waals surface area (Å²) in [5.41, 5.74) is 0. The molecule has 0 saturated heterocycles. The molecule has 0 aliphatic carbocycles. The molecule has 2 nitrogen and oxygen atoms in total. The van der Waals surface area contributed by atoms with E-state index >= 15 is 0 Å². The third-order valence-corrected chi connectivity index (χ3v) is 2.58. The van der Waals surface area contributed by atoms with Gasteiger partial charge in [0.2, 0.25) is 5.88 Å². The van der Waals surface area contributed by atoms with E-state index in [9.17, 15) is 8.78 Å². The monoisotopic (exact) mass is 319 g/mol. The zero-order valence-electron chi connectivity index (χ0n) is 8.25. The number of hydrogen-bond acceptors (Lipinski definition) is 2. The van der Waals surface area contributed by atoms with Crippen molar-refractivity contribution < 1.29 is 13.5 Å². The Bertz CT molecular complexity index is 565. The zero-order valence-corrected chi connectivity index (χ0v) is 10.6. The van der Waals surface area contributed by atoms with Gasteiger partial charge in [-0.25, -0.2) is 13.8 Å². The first-order chi connectivity index (χ1) is 8.06. The standard InChI is InChI=1S/C11H5BrClF2NO/c12-6-3-8(13)11(16-5-6)17-10-4-7(14)1-2-9(10)15/h1-5H. The van der Waals surface area contributed by atoms with Gasteiger partial charge in [-0.3, -0.25) is 0 Å². The smallest absolute Gasteiger partial charge is 0.238 e. The molecule has 0 radical (unpaired) electrons. The molecule has 0 aliphatic heterocycles. The lowest BCUT2D eigenvalue weighted by molar-refractivity contribution is 0.422. The number of rotatable bonds is 2. The highest BCUT2D eigenvalue weighted by atomic mass is 79.9. The van der Waals surface area contributed by atoms with Crippen LogP contribution in [0.1, 0.15) is 0 Å². The summed E-state index contributed by atoms with van der Waals surface area (Å²) in [5, 5.41) is 0.197. The molecule has 0 spiro atoms. The summed E-state index contributed by atoms with van der Waals surface area (Å²) in [4.78, 5) is 3.85. The summed E-state index contributed by atoms with van der Waals surface area (Å²) in [6.07, 6.45) is 1.44. The van der Waals surface area contributed by atoms with Crippen molar-refractivity contribution in [3.63, 3.8) is 0 Å². The van der Waals surface area contributed by atoms with Gasteiger partial charge in [0.1, 0.15) is 10.8 Å². The van der Waals surface area contributed by atoms with Crippen LogP contribution in [0.4, 0.5) is 8.78 Å². The number of halogens is 4. The first-order valence-electron chi connectivity index (χ1n) is 4.50. The topological polar surface area (TPSA) is 22.1 Å². The van der Waals surface area contributed by atoms with Crippen LogP contribution < -0.4 is 4.74 Å². The lowest BCUT2D eigenvalue weighted by atomic mass is 10.3. The molecular formula is C11H5BrClF2NO. The van der Waals surface area contributed by atoms with E-state index in [1.807, 2.05) is 0 Å². The Morgan fingerprint density at radius 1 is 1.24 bits per heavy atom. The Hall–Kier alpha value is -1.20. The van der Waals surface area contributed by atoms with Crippen LogP contribution in [0, 0.1) is 11.6 Å². The Balaban J connectivity index is 2.34. The first-order valence-corrected chi connectivity index (χ1v) is 5.67. The lowest BCUT2D eigenvalue weighted by Crippen LogP contribution is -1.92. The average Bonchev–Trinajstić information content (AvgIpc) is 2.27. The Morgan fingerprint density at radius 2 is 2.00 bits per heavy atom. The third-order valence-electron chi connectivity index (χ3n) is 1.87. The summed E-state index contributed by atoms with van der Waals surface area (Å²) in [6.45, 7) is 0. The Labute approximate surface area is 109 Å². The normalized spacial score (nSPS) is 10.4. The van der Waals surface area contributed by atoms with Crippen LogP contribution in [0.2, 0.25) is 5.02 Å². The predicted molar refractivity (Wildman–Crippen MR) is 63.4 cm³/mol. The molecule has 0 fully saturated rings. The van der Waals surface area contributed by atoms with Crippen LogP contribution >= 0.6 is 27.5 Å². The average molecular weight is 321 g/mol.